The first-order valence-electron chi connectivity index (χ1n) is 9.47. The Morgan fingerprint density at radius 1 is 0.862 bits per heavy atom. The number of carbonyl (C=O) groups excluding carboxylic acids is 1. The molecule has 0 aliphatic carbocycles. The minimum absolute atomic E-state index is 0.0431. The molecule has 3 aromatic carbocycles. The lowest BCUT2D eigenvalue weighted by molar-refractivity contribution is -0.116. The summed E-state index contributed by atoms with van der Waals surface area (Å²) in [5.74, 6) is -0.0431. The lowest BCUT2D eigenvalue weighted by atomic mass is 9.99. The van der Waals surface area contributed by atoms with Crippen molar-refractivity contribution < 1.29 is 13.2 Å². The highest BCUT2D eigenvalue weighted by Gasteiger charge is 2.31. The molecule has 0 saturated heterocycles. The fourth-order valence-electron chi connectivity index (χ4n) is 3.71. The van der Waals surface area contributed by atoms with Crippen LogP contribution in [0.25, 0.3) is 0 Å². The van der Waals surface area contributed by atoms with Gasteiger partial charge in [-0.2, -0.15) is 4.31 Å². The summed E-state index contributed by atoms with van der Waals surface area (Å²) in [5.41, 5.74) is 3.32. The van der Waals surface area contributed by atoms with Gasteiger partial charge in [-0.05, 0) is 41.3 Å². The van der Waals surface area contributed by atoms with Crippen LogP contribution in [0, 0.1) is 0 Å². The highest BCUT2D eigenvalue weighted by atomic mass is 32.2. The summed E-state index contributed by atoms with van der Waals surface area (Å²) < 4.78 is 28.4. The Bertz CT molecular complexity index is 1090. The molecule has 0 bridgehead atoms. The van der Waals surface area contributed by atoms with Gasteiger partial charge in [-0.25, -0.2) is 8.42 Å². The fraction of sp³-hybridized carbons (Fsp3) is 0.174. The molecule has 1 aliphatic heterocycles. The zero-order valence-corrected chi connectivity index (χ0v) is 16.9. The molecule has 0 fully saturated rings. The average molecular weight is 407 g/mol. The number of fused-ring (bicyclic) bond motifs is 1. The Morgan fingerprint density at radius 2 is 1.45 bits per heavy atom. The van der Waals surface area contributed by atoms with Crippen molar-refractivity contribution in [3.05, 3.63) is 95.6 Å². The molecule has 6 heteroatoms. The van der Waals surface area contributed by atoms with Gasteiger partial charge in [0.05, 0.1) is 10.9 Å². The van der Waals surface area contributed by atoms with E-state index in [2.05, 4.69) is 5.32 Å². The van der Waals surface area contributed by atoms with E-state index in [-0.39, 0.29) is 10.8 Å². The predicted molar refractivity (Wildman–Crippen MR) is 113 cm³/mol. The third-order valence-corrected chi connectivity index (χ3v) is 7.06. The van der Waals surface area contributed by atoms with Crippen molar-refractivity contribution in [3.8, 4) is 0 Å². The van der Waals surface area contributed by atoms with E-state index in [4.69, 9.17) is 0 Å². The number of rotatable bonds is 5. The van der Waals surface area contributed by atoms with Gasteiger partial charge in [0.1, 0.15) is 0 Å². The molecule has 5 nitrogen and oxygen atoms in total. The Labute approximate surface area is 171 Å². The molecule has 1 aliphatic rings. The molecule has 0 radical (unpaired) electrons. The molecule has 3 aromatic rings. The van der Waals surface area contributed by atoms with Gasteiger partial charge in [-0.1, -0.05) is 60.7 Å². The van der Waals surface area contributed by atoms with Crippen LogP contribution in [0.1, 0.15) is 29.2 Å². The number of sulfonamides is 1. The Balaban J connectivity index is 1.76. The van der Waals surface area contributed by atoms with Gasteiger partial charge in [0.15, 0.2) is 0 Å². The van der Waals surface area contributed by atoms with Crippen LogP contribution in [-0.2, 0) is 21.2 Å². The second-order valence-corrected chi connectivity index (χ2v) is 9.11. The summed E-state index contributed by atoms with van der Waals surface area (Å²) >= 11 is 0. The molecular formula is C23H22N2O3S. The van der Waals surface area contributed by atoms with Gasteiger partial charge in [0.2, 0.25) is 15.9 Å². The van der Waals surface area contributed by atoms with Gasteiger partial charge in [-0.15, -0.1) is 0 Å². The van der Waals surface area contributed by atoms with Crippen molar-refractivity contribution in [2.45, 2.75) is 23.8 Å². The molecule has 0 atom stereocenters. The first-order chi connectivity index (χ1) is 14.0. The zero-order chi connectivity index (χ0) is 20.4. The first-order valence-corrected chi connectivity index (χ1v) is 10.9. The van der Waals surface area contributed by atoms with Crippen molar-refractivity contribution in [2.24, 2.45) is 0 Å². The Hall–Kier alpha value is -2.96. The standard InChI is InChI=1S/C23H22N2O3S/c1-25(23(17-8-4-2-5-9-17)18-10-6-3-7-11-18)29(27,28)20-13-14-21-19(16-20)12-15-22(26)24-21/h2-11,13-14,16,23H,12,15H2,1H3,(H,24,26). The number of benzene rings is 3. The molecule has 148 valence electrons. The second kappa shape index (κ2) is 7.81. The molecule has 4 rings (SSSR count). The first kappa shape index (κ1) is 19.4. The molecule has 0 unspecified atom stereocenters. The third-order valence-electron chi connectivity index (χ3n) is 5.24. The number of hydrogen-bond acceptors (Lipinski definition) is 3. The maximum Gasteiger partial charge on any atom is 0.243 e. The van der Waals surface area contributed by atoms with Gasteiger partial charge >= 0.3 is 0 Å². The lowest BCUT2D eigenvalue weighted by Gasteiger charge is -2.29. The average Bonchev–Trinajstić information content (AvgIpc) is 2.75. The summed E-state index contributed by atoms with van der Waals surface area (Å²) in [6, 6.07) is 23.7. The fourth-order valence-corrected chi connectivity index (χ4v) is 5.09. The van der Waals surface area contributed by atoms with Gasteiger partial charge < -0.3 is 5.32 Å². The maximum absolute atomic E-state index is 13.5. The minimum atomic E-state index is -3.76. The number of aryl methyl sites for hydroxylation is 1. The van der Waals surface area contributed by atoms with E-state index < -0.39 is 16.1 Å². The van der Waals surface area contributed by atoms with E-state index in [9.17, 15) is 13.2 Å². The smallest absolute Gasteiger partial charge is 0.243 e. The zero-order valence-electron chi connectivity index (χ0n) is 16.1. The summed E-state index contributed by atoms with van der Waals surface area (Å²) in [7, 11) is -2.15. The van der Waals surface area contributed by atoms with Gasteiger partial charge in [0, 0.05) is 19.2 Å². The largest absolute Gasteiger partial charge is 0.326 e. The number of nitrogens with one attached hydrogen (secondary N) is 1. The molecule has 0 saturated carbocycles. The van der Waals surface area contributed by atoms with Crippen molar-refractivity contribution >= 4 is 21.6 Å². The normalized spacial score (nSPS) is 14.0. The highest BCUT2D eigenvalue weighted by Crippen LogP contribution is 2.33. The Kier molecular flexibility index (Phi) is 5.22. The summed E-state index contributed by atoms with van der Waals surface area (Å²) in [6.07, 6.45) is 0.901. The molecular weight excluding hydrogens is 384 g/mol. The molecule has 1 heterocycles. The highest BCUT2D eigenvalue weighted by molar-refractivity contribution is 7.89. The molecule has 0 aromatic heterocycles. The van der Waals surface area contributed by atoms with Crippen LogP contribution in [0.2, 0.25) is 0 Å². The maximum atomic E-state index is 13.5. The van der Waals surface area contributed by atoms with Crippen molar-refractivity contribution in [1.29, 1.82) is 0 Å². The monoisotopic (exact) mass is 406 g/mol. The third kappa shape index (κ3) is 3.81. The van der Waals surface area contributed by atoms with E-state index >= 15 is 0 Å². The van der Waals surface area contributed by atoms with Crippen molar-refractivity contribution in [1.82, 2.24) is 4.31 Å². The molecule has 1 amide bonds. The number of anilines is 1. The molecule has 29 heavy (non-hydrogen) atoms. The van der Waals surface area contributed by atoms with E-state index in [1.54, 1.807) is 25.2 Å². The van der Waals surface area contributed by atoms with Crippen LogP contribution in [-0.4, -0.2) is 25.7 Å². The number of carbonyl (C=O) groups is 1. The van der Waals surface area contributed by atoms with E-state index in [0.717, 1.165) is 16.7 Å². The molecule has 1 N–H and O–H groups in total. The van der Waals surface area contributed by atoms with E-state index in [0.29, 0.717) is 18.5 Å². The SMILES string of the molecule is CN(C(c1ccccc1)c1ccccc1)S(=O)(=O)c1ccc2c(c1)CCC(=O)N2. The minimum Gasteiger partial charge on any atom is -0.326 e. The van der Waals surface area contributed by atoms with E-state index in [1.165, 1.54) is 4.31 Å². The van der Waals surface area contributed by atoms with Crippen LogP contribution in [0.15, 0.2) is 83.8 Å². The van der Waals surface area contributed by atoms with Crippen molar-refractivity contribution in [2.75, 3.05) is 12.4 Å². The summed E-state index contributed by atoms with van der Waals surface area (Å²) in [5, 5.41) is 2.79. The lowest BCUT2D eigenvalue weighted by Crippen LogP contribution is -2.32. The summed E-state index contributed by atoms with van der Waals surface area (Å²) in [6.45, 7) is 0. The van der Waals surface area contributed by atoms with Crippen LogP contribution in [0.5, 0.6) is 0 Å². The van der Waals surface area contributed by atoms with E-state index in [1.807, 2.05) is 60.7 Å². The topological polar surface area (TPSA) is 66.5 Å². The number of amides is 1. The van der Waals surface area contributed by atoms with Crippen LogP contribution >= 0.6 is 0 Å². The number of hydrogen-bond donors (Lipinski definition) is 1. The second-order valence-electron chi connectivity index (χ2n) is 7.11. The number of nitrogens with zero attached hydrogens (tertiary/aromatic N) is 1. The van der Waals surface area contributed by atoms with Crippen molar-refractivity contribution in [3.63, 3.8) is 0 Å². The quantitative estimate of drug-likeness (QED) is 0.697. The van der Waals surface area contributed by atoms with Crippen LogP contribution in [0.3, 0.4) is 0 Å². The van der Waals surface area contributed by atoms with Gasteiger partial charge in [0.25, 0.3) is 0 Å². The molecule has 0 spiro atoms. The van der Waals surface area contributed by atoms with Gasteiger partial charge in [-0.3, -0.25) is 4.79 Å². The predicted octanol–water partition coefficient (Wildman–Crippen LogP) is 3.98. The van der Waals surface area contributed by atoms with Crippen LogP contribution < -0.4 is 5.32 Å². The Morgan fingerprint density at radius 3 is 2.03 bits per heavy atom. The summed E-state index contributed by atoms with van der Waals surface area (Å²) in [4.78, 5) is 11.8. The van der Waals surface area contributed by atoms with Crippen LogP contribution in [0.4, 0.5) is 5.69 Å².